The molecule has 0 bridgehead atoms. The molecule has 0 saturated carbocycles. The third-order valence-corrected chi connectivity index (χ3v) is 7.79. The second-order valence-electron chi connectivity index (χ2n) is 11.7. The minimum Gasteiger partial charge on any atom is -0.489 e. The molecule has 4 rings (SSSR count). The molecule has 1 atom stereocenters. The van der Waals surface area contributed by atoms with Crippen molar-refractivity contribution in [1.82, 2.24) is 15.2 Å². The molecule has 0 fully saturated rings. The van der Waals surface area contributed by atoms with E-state index in [9.17, 15) is 24.3 Å². The largest absolute Gasteiger partial charge is 0.489 e. The van der Waals surface area contributed by atoms with Crippen LogP contribution in [0.5, 0.6) is 5.75 Å². The molecule has 0 saturated heterocycles. The SMILES string of the molecule is O=C(O)CCC(=O)NCCCC[C@@H](C(=O)O)N(C/C=C/c1cccc(NC(=O)c2ccncc2)c1)Cc1cccc(OCc2ccccc2)c1. The van der Waals surface area contributed by atoms with Gasteiger partial charge in [0.1, 0.15) is 18.4 Å². The van der Waals surface area contributed by atoms with Gasteiger partial charge in [-0.05, 0) is 72.4 Å². The van der Waals surface area contributed by atoms with Gasteiger partial charge < -0.3 is 25.6 Å². The molecular formula is C39H42N4O7. The maximum Gasteiger partial charge on any atom is 0.320 e. The van der Waals surface area contributed by atoms with Crippen LogP contribution in [0.15, 0.2) is 109 Å². The van der Waals surface area contributed by atoms with Gasteiger partial charge in [0.15, 0.2) is 0 Å². The van der Waals surface area contributed by atoms with Gasteiger partial charge in [-0.25, -0.2) is 0 Å². The average Bonchev–Trinajstić information content (AvgIpc) is 3.12. The summed E-state index contributed by atoms with van der Waals surface area (Å²) in [6, 6.07) is 27.3. The Hall–Kier alpha value is -5.81. The molecule has 0 unspecified atom stereocenters. The van der Waals surface area contributed by atoms with Gasteiger partial charge in [-0.15, -0.1) is 0 Å². The van der Waals surface area contributed by atoms with E-state index in [0.717, 1.165) is 16.7 Å². The van der Waals surface area contributed by atoms with Crippen LogP contribution in [0.1, 0.15) is 59.2 Å². The molecule has 0 aliphatic rings. The van der Waals surface area contributed by atoms with Gasteiger partial charge >= 0.3 is 11.9 Å². The zero-order valence-electron chi connectivity index (χ0n) is 27.7. The number of benzene rings is 3. The number of aromatic nitrogens is 1. The highest BCUT2D eigenvalue weighted by atomic mass is 16.5. The number of pyridine rings is 1. The fourth-order valence-corrected chi connectivity index (χ4v) is 5.22. The molecule has 1 aromatic heterocycles. The van der Waals surface area contributed by atoms with Crippen molar-refractivity contribution < 1.29 is 34.1 Å². The molecule has 0 spiro atoms. The lowest BCUT2D eigenvalue weighted by atomic mass is 10.1. The number of carbonyl (C=O) groups excluding carboxylic acids is 2. The standard InChI is InChI=1S/C39H42N4O7/c44-36(17-18-37(45)46)41-21-5-4-16-35(39(48)49)43(27-31-12-7-15-34(26-31)50-28-30-9-2-1-3-10-30)24-8-13-29-11-6-14-33(25-29)42-38(47)32-19-22-40-23-20-32/h1-3,6-15,19-20,22-23,25-26,35H,4-5,16-18,21,24,27-28H2,(H,41,44)(H,42,47)(H,45,46)(H,48,49)/b13-8+/t35-/m0/s1. The molecule has 0 aliphatic heterocycles. The van der Waals surface area contributed by atoms with E-state index in [4.69, 9.17) is 9.84 Å². The quantitative estimate of drug-likeness (QED) is 0.0819. The number of hydrogen-bond acceptors (Lipinski definition) is 7. The van der Waals surface area contributed by atoms with E-state index >= 15 is 0 Å². The number of anilines is 1. The first kappa shape index (κ1) is 37.0. The lowest BCUT2D eigenvalue weighted by Crippen LogP contribution is -2.41. The predicted octanol–water partition coefficient (Wildman–Crippen LogP) is 6.03. The minimum atomic E-state index is -1.03. The molecule has 50 heavy (non-hydrogen) atoms. The Labute approximate surface area is 291 Å². The van der Waals surface area contributed by atoms with Gasteiger partial charge in [-0.1, -0.05) is 66.7 Å². The van der Waals surface area contributed by atoms with Crippen LogP contribution in [0, 0.1) is 0 Å². The minimum absolute atomic E-state index is 0.0959. The molecule has 4 N–H and O–H groups in total. The number of rotatable bonds is 20. The summed E-state index contributed by atoms with van der Waals surface area (Å²) in [5.74, 6) is -1.91. The van der Waals surface area contributed by atoms with Crippen molar-refractivity contribution in [2.75, 3.05) is 18.4 Å². The van der Waals surface area contributed by atoms with Crippen LogP contribution in [0.4, 0.5) is 5.69 Å². The summed E-state index contributed by atoms with van der Waals surface area (Å²) in [4.78, 5) is 53.7. The number of hydrogen-bond donors (Lipinski definition) is 4. The zero-order chi connectivity index (χ0) is 35.6. The molecule has 260 valence electrons. The number of carbonyl (C=O) groups is 4. The Kier molecular flexibility index (Phi) is 14.7. The van der Waals surface area contributed by atoms with Crippen LogP contribution < -0.4 is 15.4 Å². The van der Waals surface area contributed by atoms with Crippen LogP contribution in [-0.4, -0.2) is 63.0 Å². The van der Waals surface area contributed by atoms with E-state index in [0.29, 0.717) is 62.5 Å². The van der Waals surface area contributed by atoms with Gasteiger partial charge in [0.05, 0.1) is 6.42 Å². The van der Waals surface area contributed by atoms with Gasteiger partial charge in [0, 0.05) is 49.7 Å². The second kappa shape index (κ2) is 19.9. The van der Waals surface area contributed by atoms with Crippen molar-refractivity contribution in [1.29, 1.82) is 0 Å². The molecular weight excluding hydrogens is 636 g/mol. The fraction of sp³-hybridized carbons (Fsp3) is 0.256. The third-order valence-electron chi connectivity index (χ3n) is 7.79. The van der Waals surface area contributed by atoms with Gasteiger partial charge in [0.2, 0.25) is 5.91 Å². The topological polar surface area (TPSA) is 158 Å². The van der Waals surface area contributed by atoms with Crippen molar-refractivity contribution in [3.8, 4) is 5.75 Å². The van der Waals surface area contributed by atoms with E-state index in [2.05, 4.69) is 15.6 Å². The number of nitrogens with one attached hydrogen (secondary N) is 2. The Balaban J connectivity index is 1.43. The first-order valence-electron chi connectivity index (χ1n) is 16.5. The molecule has 3 aromatic carbocycles. The van der Waals surface area contributed by atoms with Crippen LogP contribution in [0.3, 0.4) is 0 Å². The van der Waals surface area contributed by atoms with E-state index < -0.39 is 18.0 Å². The summed E-state index contributed by atoms with van der Waals surface area (Å²) in [5, 5.41) is 24.7. The molecule has 11 nitrogen and oxygen atoms in total. The average molecular weight is 679 g/mol. The lowest BCUT2D eigenvalue weighted by Gasteiger charge is -2.28. The Morgan fingerprint density at radius 3 is 2.36 bits per heavy atom. The smallest absolute Gasteiger partial charge is 0.320 e. The van der Waals surface area contributed by atoms with Crippen LogP contribution >= 0.6 is 0 Å². The summed E-state index contributed by atoms with van der Waals surface area (Å²) >= 11 is 0. The summed E-state index contributed by atoms with van der Waals surface area (Å²) in [6.07, 6.45) is 8.00. The Morgan fingerprint density at radius 2 is 1.60 bits per heavy atom. The van der Waals surface area contributed by atoms with Crippen LogP contribution in [-0.2, 0) is 27.5 Å². The van der Waals surface area contributed by atoms with Gasteiger partial charge in [0.25, 0.3) is 5.91 Å². The van der Waals surface area contributed by atoms with Crippen LogP contribution in [0.25, 0.3) is 6.08 Å². The first-order valence-corrected chi connectivity index (χ1v) is 16.5. The number of nitrogens with zero attached hydrogens (tertiary/aromatic N) is 2. The monoisotopic (exact) mass is 678 g/mol. The zero-order valence-corrected chi connectivity index (χ0v) is 27.7. The van der Waals surface area contributed by atoms with E-state index in [1.165, 1.54) is 0 Å². The molecule has 2 amide bonds. The predicted molar refractivity (Wildman–Crippen MR) is 190 cm³/mol. The van der Waals surface area contributed by atoms with Crippen molar-refractivity contribution in [3.05, 3.63) is 132 Å². The summed E-state index contributed by atoms with van der Waals surface area (Å²) < 4.78 is 6.02. The number of aliphatic carboxylic acids is 2. The normalized spacial score (nSPS) is 11.6. The van der Waals surface area contributed by atoms with Crippen molar-refractivity contribution in [2.24, 2.45) is 0 Å². The van der Waals surface area contributed by atoms with Gasteiger partial charge in [-0.2, -0.15) is 0 Å². The summed E-state index contributed by atoms with van der Waals surface area (Å²) in [7, 11) is 0. The molecule has 0 aliphatic carbocycles. The highest BCUT2D eigenvalue weighted by Crippen LogP contribution is 2.20. The van der Waals surface area contributed by atoms with Crippen LogP contribution in [0.2, 0.25) is 0 Å². The third kappa shape index (κ3) is 13.0. The van der Waals surface area contributed by atoms with E-state index in [1.807, 2.05) is 89.8 Å². The van der Waals surface area contributed by atoms with Crippen molar-refractivity contribution >= 4 is 35.5 Å². The summed E-state index contributed by atoms with van der Waals surface area (Å²) in [5.41, 5.74) is 3.87. The Morgan fingerprint density at radius 1 is 0.840 bits per heavy atom. The van der Waals surface area contributed by atoms with Crippen molar-refractivity contribution in [2.45, 2.75) is 51.3 Å². The molecule has 11 heteroatoms. The molecule has 0 radical (unpaired) electrons. The maximum absolute atomic E-state index is 12.6. The van der Waals surface area contributed by atoms with E-state index in [-0.39, 0.29) is 24.7 Å². The summed E-state index contributed by atoms with van der Waals surface area (Å²) in [6.45, 7) is 1.41. The number of ether oxygens (including phenoxy) is 1. The highest BCUT2D eigenvalue weighted by molar-refractivity contribution is 6.04. The second-order valence-corrected chi connectivity index (χ2v) is 11.7. The lowest BCUT2D eigenvalue weighted by molar-refractivity contribution is -0.143. The molecule has 1 heterocycles. The number of carboxylic acids is 2. The van der Waals surface area contributed by atoms with E-state index in [1.54, 1.807) is 30.6 Å². The number of amides is 2. The number of unbranched alkanes of at least 4 members (excludes halogenated alkanes) is 1. The first-order chi connectivity index (χ1) is 24.3. The maximum atomic E-state index is 12.6. The van der Waals surface area contributed by atoms with Crippen molar-refractivity contribution in [3.63, 3.8) is 0 Å². The van der Waals surface area contributed by atoms with Gasteiger partial charge in [-0.3, -0.25) is 29.1 Å². The molecule has 4 aromatic rings. The number of carboxylic acid groups (broad SMARTS) is 2. The Bertz CT molecular complexity index is 1730. The highest BCUT2D eigenvalue weighted by Gasteiger charge is 2.25. The fourth-order valence-electron chi connectivity index (χ4n) is 5.22.